The van der Waals surface area contributed by atoms with E-state index in [1.165, 1.54) is 0 Å². The van der Waals surface area contributed by atoms with E-state index < -0.39 is 5.92 Å². The molecule has 0 amide bonds. The average Bonchev–Trinajstić information content (AvgIpc) is 1.86. The fraction of sp³-hybridized carbons (Fsp3) is 1.00. The maximum Gasteiger partial charge on any atom is 0.248 e. The van der Waals surface area contributed by atoms with E-state index in [1.807, 2.05) is 6.92 Å². The van der Waals surface area contributed by atoms with Crippen LogP contribution in [0.2, 0.25) is 0 Å². The molecule has 0 unspecified atom stereocenters. The number of hydrogen-bond donors (Lipinski definition) is 0. The van der Waals surface area contributed by atoms with Gasteiger partial charge in [0.05, 0.1) is 0 Å². The Morgan fingerprint density at radius 1 is 1.50 bits per heavy atom. The lowest BCUT2D eigenvalue weighted by Crippen LogP contribution is -2.25. The zero-order chi connectivity index (χ0) is 7.61. The van der Waals surface area contributed by atoms with Crippen LogP contribution in [0.15, 0.2) is 0 Å². The molecule has 0 spiro atoms. The topological polar surface area (TPSA) is 0 Å². The molecule has 1 aliphatic rings. The standard InChI is InChI=1S/C8H14F2/c1-2-7-4-3-5-8(9,10)6-7/h7H,2-6H2,1H3/t7-/m1/s1. The molecule has 0 nitrogen and oxygen atoms in total. The summed E-state index contributed by atoms with van der Waals surface area (Å²) < 4.78 is 25.3. The molecule has 0 bridgehead atoms. The highest BCUT2D eigenvalue weighted by Crippen LogP contribution is 2.37. The zero-order valence-corrected chi connectivity index (χ0v) is 6.37. The first-order valence-electron chi connectivity index (χ1n) is 4.02. The maximum atomic E-state index is 12.6. The van der Waals surface area contributed by atoms with Crippen LogP contribution >= 0.6 is 0 Å². The van der Waals surface area contributed by atoms with Crippen molar-refractivity contribution >= 4 is 0 Å². The highest BCUT2D eigenvalue weighted by atomic mass is 19.3. The van der Waals surface area contributed by atoms with E-state index >= 15 is 0 Å². The van der Waals surface area contributed by atoms with Crippen molar-refractivity contribution in [2.75, 3.05) is 0 Å². The van der Waals surface area contributed by atoms with Crippen molar-refractivity contribution < 1.29 is 8.78 Å². The summed E-state index contributed by atoms with van der Waals surface area (Å²) in [5.41, 5.74) is 0. The van der Waals surface area contributed by atoms with Gasteiger partial charge < -0.3 is 0 Å². The minimum atomic E-state index is -2.35. The predicted octanol–water partition coefficient (Wildman–Crippen LogP) is 3.22. The summed E-state index contributed by atoms with van der Waals surface area (Å²) in [6.45, 7) is 1.99. The largest absolute Gasteiger partial charge is 0.248 e. The lowest BCUT2D eigenvalue weighted by atomic mass is 9.85. The molecule has 0 radical (unpaired) electrons. The third kappa shape index (κ3) is 1.93. The number of hydrogen-bond acceptors (Lipinski definition) is 0. The van der Waals surface area contributed by atoms with Crippen LogP contribution in [-0.2, 0) is 0 Å². The highest BCUT2D eigenvalue weighted by Gasteiger charge is 2.35. The molecule has 1 atom stereocenters. The molecule has 1 fully saturated rings. The van der Waals surface area contributed by atoms with Gasteiger partial charge in [0, 0.05) is 12.8 Å². The summed E-state index contributed by atoms with van der Waals surface area (Å²) in [7, 11) is 0. The van der Waals surface area contributed by atoms with E-state index in [2.05, 4.69) is 0 Å². The molecule has 10 heavy (non-hydrogen) atoms. The fourth-order valence-corrected chi connectivity index (χ4v) is 1.62. The second-order valence-corrected chi connectivity index (χ2v) is 3.23. The van der Waals surface area contributed by atoms with Gasteiger partial charge >= 0.3 is 0 Å². The summed E-state index contributed by atoms with van der Waals surface area (Å²) in [6, 6.07) is 0. The predicted molar refractivity (Wildman–Crippen MR) is 37.2 cm³/mol. The van der Waals surface area contributed by atoms with E-state index in [0.29, 0.717) is 6.42 Å². The van der Waals surface area contributed by atoms with Gasteiger partial charge in [0.1, 0.15) is 0 Å². The summed E-state index contributed by atoms with van der Waals surface area (Å²) in [6.07, 6.45) is 2.88. The highest BCUT2D eigenvalue weighted by molar-refractivity contribution is 4.77. The second-order valence-electron chi connectivity index (χ2n) is 3.23. The first-order chi connectivity index (χ1) is 4.64. The molecule has 2 heteroatoms. The van der Waals surface area contributed by atoms with Crippen molar-refractivity contribution in [2.45, 2.75) is 45.0 Å². The molecular weight excluding hydrogens is 134 g/mol. The average molecular weight is 148 g/mol. The van der Waals surface area contributed by atoms with Crippen LogP contribution in [0.3, 0.4) is 0 Å². The zero-order valence-electron chi connectivity index (χ0n) is 6.37. The van der Waals surface area contributed by atoms with Crippen LogP contribution in [0.5, 0.6) is 0 Å². The van der Waals surface area contributed by atoms with Gasteiger partial charge in [0.25, 0.3) is 0 Å². The van der Waals surface area contributed by atoms with Crippen LogP contribution in [-0.4, -0.2) is 5.92 Å². The van der Waals surface area contributed by atoms with E-state index in [9.17, 15) is 8.78 Å². The van der Waals surface area contributed by atoms with Gasteiger partial charge in [-0.1, -0.05) is 19.8 Å². The Morgan fingerprint density at radius 3 is 2.60 bits per heavy atom. The Hall–Kier alpha value is -0.140. The van der Waals surface area contributed by atoms with Crippen LogP contribution in [0.4, 0.5) is 8.78 Å². The van der Waals surface area contributed by atoms with Gasteiger partial charge in [-0.15, -0.1) is 0 Å². The molecular formula is C8H14F2. The molecule has 1 saturated carbocycles. The minimum absolute atomic E-state index is 0.115. The number of halogens is 2. The van der Waals surface area contributed by atoms with Crippen molar-refractivity contribution in [1.29, 1.82) is 0 Å². The van der Waals surface area contributed by atoms with Gasteiger partial charge in [-0.3, -0.25) is 0 Å². The molecule has 0 saturated heterocycles. The molecule has 1 rings (SSSR count). The summed E-state index contributed by atoms with van der Waals surface area (Å²) in [5.74, 6) is -2.07. The lowest BCUT2D eigenvalue weighted by Gasteiger charge is -2.27. The van der Waals surface area contributed by atoms with Gasteiger partial charge in [-0.25, -0.2) is 8.78 Å². The smallest absolute Gasteiger partial charge is 0.207 e. The van der Waals surface area contributed by atoms with Crippen molar-refractivity contribution in [2.24, 2.45) is 5.92 Å². The van der Waals surface area contributed by atoms with E-state index in [-0.39, 0.29) is 18.8 Å². The molecule has 0 heterocycles. The molecule has 0 N–H and O–H groups in total. The second kappa shape index (κ2) is 2.85. The monoisotopic (exact) mass is 148 g/mol. The first-order valence-corrected chi connectivity index (χ1v) is 4.02. The first kappa shape index (κ1) is 7.96. The van der Waals surface area contributed by atoms with Gasteiger partial charge in [-0.2, -0.15) is 0 Å². The Kier molecular flexibility index (Phi) is 2.27. The normalized spacial score (nSPS) is 32.1. The molecule has 0 aromatic carbocycles. The van der Waals surface area contributed by atoms with Crippen molar-refractivity contribution in [3.05, 3.63) is 0 Å². The summed E-state index contributed by atoms with van der Waals surface area (Å²) in [5, 5.41) is 0. The molecule has 0 aromatic rings. The van der Waals surface area contributed by atoms with Gasteiger partial charge in [-0.05, 0) is 12.3 Å². The minimum Gasteiger partial charge on any atom is -0.207 e. The Bertz CT molecular complexity index is 110. The third-order valence-corrected chi connectivity index (χ3v) is 2.32. The number of rotatable bonds is 1. The fourth-order valence-electron chi connectivity index (χ4n) is 1.62. The summed E-state index contributed by atoms with van der Waals surface area (Å²) in [4.78, 5) is 0. The Morgan fingerprint density at radius 2 is 2.20 bits per heavy atom. The quantitative estimate of drug-likeness (QED) is 0.535. The molecule has 0 aliphatic heterocycles. The van der Waals surface area contributed by atoms with Crippen molar-refractivity contribution in [3.63, 3.8) is 0 Å². The Balaban J connectivity index is 2.40. The van der Waals surface area contributed by atoms with E-state index in [1.54, 1.807) is 0 Å². The maximum absolute atomic E-state index is 12.6. The van der Waals surface area contributed by atoms with Gasteiger partial charge in [0.15, 0.2) is 0 Å². The van der Waals surface area contributed by atoms with Crippen LogP contribution < -0.4 is 0 Å². The third-order valence-electron chi connectivity index (χ3n) is 2.32. The van der Waals surface area contributed by atoms with E-state index in [0.717, 1.165) is 12.8 Å². The Labute approximate surface area is 60.6 Å². The van der Waals surface area contributed by atoms with Crippen LogP contribution in [0.25, 0.3) is 0 Å². The summed E-state index contributed by atoms with van der Waals surface area (Å²) >= 11 is 0. The van der Waals surface area contributed by atoms with E-state index in [4.69, 9.17) is 0 Å². The van der Waals surface area contributed by atoms with Crippen molar-refractivity contribution in [3.8, 4) is 0 Å². The lowest BCUT2D eigenvalue weighted by molar-refractivity contribution is -0.0528. The van der Waals surface area contributed by atoms with Crippen LogP contribution in [0.1, 0.15) is 39.0 Å². The molecule has 60 valence electrons. The SMILES string of the molecule is CC[C@@H]1CCCC(F)(F)C1. The van der Waals surface area contributed by atoms with Crippen molar-refractivity contribution in [1.82, 2.24) is 0 Å². The number of alkyl halides is 2. The molecule has 1 aliphatic carbocycles. The molecule has 0 aromatic heterocycles. The van der Waals surface area contributed by atoms with Gasteiger partial charge in [0.2, 0.25) is 5.92 Å². The van der Waals surface area contributed by atoms with Crippen LogP contribution in [0, 0.1) is 5.92 Å².